The zero-order valence-electron chi connectivity index (χ0n) is 5.78. The summed E-state index contributed by atoms with van der Waals surface area (Å²) >= 11 is 0.243. The average molecular weight is 208 g/mol. The van der Waals surface area contributed by atoms with Crippen LogP contribution in [0.15, 0.2) is 11.1 Å². The van der Waals surface area contributed by atoms with Gasteiger partial charge < -0.3 is 0 Å². The second-order valence-electron chi connectivity index (χ2n) is 1.75. The van der Waals surface area contributed by atoms with E-state index in [1.54, 1.807) is 0 Å². The van der Waals surface area contributed by atoms with Crippen LogP contribution < -0.4 is 5.73 Å². The number of hydrogen-bond donors (Lipinski definition) is 2. The number of carboxylic acids is 1. The normalized spacial score (nSPS) is 13.8. The Hall–Kier alpha value is -0.311. The molecule has 3 nitrogen and oxygen atoms in total. The molecule has 1 atom stereocenters. The van der Waals surface area contributed by atoms with Crippen molar-refractivity contribution in [2.45, 2.75) is 18.3 Å². The molecule has 0 radical (unpaired) electrons. The quantitative estimate of drug-likeness (QED) is 0.642. The zero-order chi connectivity index (χ0) is 7.98. The van der Waals surface area contributed by atoms with Crippen LogP contribution in [-0.4, -0.2) is 32.1 Å². The first-order valence-corrected chi connectivity index (χ1v) is 5.09. The van der Waals surface area contributed by atoms with Crippen LogP contribution in [-0.2, 0) is 4.79 Å². The van der Waals surface area contributed by atoms with E-state index in [1.807, 2.05) is 18.0 Å². The van der Waals surface area contributed by atoms with Crippen molar-refractivity contribution in [1.29, 1.82) is 0 Å². The first kappa shape index (κ1) is 9.69. The molecule has 0 aliphatic rings. The predicted octanol–water partition coefficient (Wildman–Crippen LogP) is 0.0544. The molecule has 0 aliphatic carbocycles. The van der Waals surface area contributed by atoms with Crippen molar-refractivity contribution in [3.05, 3.63) is 11.1 Å². The van der Waals surface area contributed by atoms with Crippen molar-refractivity contribution >= 4 is 20.9 Å². The minimum absolute atomic E-state index is 0.243. The Bertz CT molecular complexity index is 136. The minimum atomic E-state index is -0.911. The van der Waals surface area contributed by atoms with Crippen LogP contribution >= 0.6 is 0 Å². The first-order valence-electron chi connectivity index (χ1n) is 2.89. The Morgan fingerprint density at radius 1 is 1.90 bits per heavy atom. The van der Waals surface area contributed by atoms with Gasteiger partial charge in [-0.2, -0.15) is 0 Å². The van der Waals surface area contributed by atoms with E-state index in [4.69, 9.17) is 10.8 Å². The van der Waals surface area contributed by atoms with Gasteiger partial charge >= 0.3 is 65.9 Å². The monoisotopic (exact) mass is 209 g/mol. The SMILES string of the molecule is C/C=C/[Se]C[C@H](N)C(=O)O. The molecule has 0 aliphatic heterocycles. The van der Waals surface area contributed by atoms with E-state index < -0.39 is 12.0 Å². The van der Waals surface area contributed by atoms with Gasteiger partial charge in [0.1, 0.15) is 0 Å². The Morgan fingerprint density at radius 2 is 2.50 bits per heavy atom. The third-order valence-electron chi connectivity index (χ3n) is 0.825. The van der Waals surface area contributed by atoms with E-state index in [2.05, 4.69) is 0 Å². The molecule has 0 spiro atoms. The number of aliphatic carboxylic acids is 1. The first-order chi connectivity index (χ1) is 4.68. The van der Waals surface area contributed by atoms with Crippen molar-refractivity contribution in [2.24, 2.45) is 5.73 Å². The van der Waals surface area contributed by atoms with Gasteiger partial charge in [0, 0.05) is 0 Å². The Kier molecular flexibility index (Phi) is 5.30. The predicted molar refractivity (Wildman–Crippen MR) is 41.0 cm³/mol. The Balaban J connectivity index is 3.39. The van der Waals surface area contributed by atoms with Crippen molar-refractivity contribution in [1.82, 2.24) is 0 Å². The zero-order valence-corrected chi connectivity index (χ0v) is 7.49. The van der Waals surface area contributed by atoms with E-state index in [0.29, 0.717) is 5.32 Å². The van der Waals surface area contributed by atoms with E-state index in [0.717, 1.165) is 0 Å². The molecule has 0 amide bonds. The molecule has 58 valence electrons. The summed E-state index contributed by atoms with van der Waals surface area (Å²) in [5, 5.41) is 8.92. The standard InChI is InChI=1S/C6H11NO2Se/c1-2-3-10-4-5(7)6(8)9/h2-3,5H,4,7H2,1H3,(H,8,9)/b3-2+/t5-/m0/s1. The Labute approximate surface area is 66.5 Å². The fourth-order valence-corrected chi connectivity index (χ4v) is 1.70. The van der Waals surface area contributed by atoms with Crippen molar-refractivity contribution in [2.75, 3.05) is 0 Å². The molecule has 0 rings (SSSR count). The molecule has 0 aromatic rings. The molecule has 0 aromatic heterocycles. The van der Waals surface area contributed by atoms with Crippen LogP contribution in [0.3, 0.4) is 0 Å². The summed E-state index contributed by atoms with van der Waals surface area (Å²) in [6.07, 6.45) is 1.91. The maximum atomic E-state index is 10.2. The van der Waals surface area contributed by atoms with Gasteiger partial charge in [-0.3, -0.25) is 0 Å². The molecule has 0 aromatic carbocycles. The second-order valence-corrected chi connectivity index (χ2v) is 3.72. The molecule has 0 unspecified atom stereocenters. The van der Waals surface area contributed by atoms with Gasteiger partial charge in [-0.05, 0) is 0 Å². The summed E-state index contributed by atoms with van der Waals surface area (Å²) in [4.78, 5) is 12.1. The molecule has 0 saturated carbocycles. The molecule has 3 N–H and O–H groups in total. The van der Waals surface area contributed by atoms with Crippen LogP contribution in [0.1, 0.15) is 6.92 Å². The van der Waals surface area contributed by atoms with Gasteiger partial charge in [0.2, 0.25) is 0 Å². The van der Waals surface area contributed by atoms with Crippen LogP contribution in [0.2, 0.25) is 5.32 Å². The van der Waals surface area contributed by atoms with Crippen LogP contribution in [0.5, 0.6) is 0 Å². The average Bonchev–Trinajstić information content (AvgIpc) is 1.88. The van der Waals surface area contributed by atoms with Gasteiger partial charge in [-0.25, -0.2) is 0 Å². The third-order valence-corrected chi connectivity index (χ3v) is 2.96. The van der Waals surface area contributed by atoms with E-state index >= 15 is 0 Å². The molecular weight excluding hydrogens is 197 g/mol. The molecule has 0 heterocycles. The van der Waals surface area contributed by atoms with Crippen LogP contribution in [0, 0.1) is 0 Å². The summed E-state index contributed by atoms with van der Waals surface area (Å²) in [7, 11) is 0. The fraction of sp³-hybridized carbons (Fsp3) is 0.500. The van der Waals surface area contributed by atoms with Crippen LogP contribution in [0.4, 0.5) is 0 Å². The summed E-state index contributed by atoms with van der Waals surface area (Å²) in [6, 6.07) is -0.684. The molecule has 0 bridgehead atoms. The van der Waals surface area contributed by atoms with Gasteiger partial charge in [-0.1, -0.05) is 0 Å². The van der Waals surface area contributed by atoms with E-state index in [-0.39, 0.29) is 15.0 Å². The molecule has 4 heteroatoms. The van der Waals surface area contributed by atoms with Gasteiger partial charge in [0.05, 0.1) is 0 Å². The second kappa shape index (κ2) is 5.47. The number of carbonyl (C=O) groups is 1. The number of carboxylic acid groups (broad SMARTS) is 1. The molecule has 10 heavy (non-hydrogen) atoms. The maximum absolute atomic E-state index is 10.2. The summed E-state index contributed by atoms with van der Waals surface area (Å²) in [5.74, 6) is -0.911. The van der Waals surface area contributed by atoms with E-state index in [1.165, 1.54) is 0 Å². The van der Waals surface area contributed by atoms with Gasteiger partial charge in [-0.15, -0.1) is 0 Å². The number of allylic oxidation sites excluding steroid dienone is 1. The molecular formula is C6H11NO2Se. The number of rotatable bonds is 4. The van der Waals surface area contributed by atoms with Gasteiger partial charge in [0.15, 0.2) is 0 Å². The summed E-state index contributed by atoms with van der Waals surface area (Å²) in [6.45, 7) is 1.91. The summed E-state index contributed by atoms with van der Waals surface area (Å²) in [5.41, 5.74) is 5.24. The van der Waals surface area contributed by atoms with Gasteiger partial charge in [0.25, 0.3) is 0 Å². The van der Waals surface area contributed by atoms with Crippen LogP contribution in [0.25, 0.3) is 0 Å². The number of nitrogens with two attached hydrogens (primary N) is 1. The molecule has 0 fully saturated rings. The molecule has 0 saturated heterocycles. The summed E-state index contributed by atoms with van der Waals surface area (Å²) < 4.78 is 0. The van der Waals surface area contributed by atoms with Crippen molar-refractivity contribution < 1.29 is 9.90 Å². The Morgan fingerprint density at radius 3 is 2.90 bits per heavy atom. The van der Waals surface area contributed by atoms with Crippen molar-refractivity contribution in [3.8, 4) is 0 Å². The van der Waals surface area contributed by atoms with E-state index in [9.17, 15) is 4.79 Å². The van der Waals surface area contributed by atoms with Crippen molar-refractivity contribution in [3.63, 3.8) is 0 Å². The number of hydrogen-bond acceptors (Lipinski definition) is 2. The fourth-order valence-electron chi connectivity index (χ4n) is 0.327. The topological polar surface area (TPSA) is 63.3 Å². The third kappa shape index (κ3) is 4.56.